The molecule has 0 aromatic carbocycles. The highest BCUT2D eigenvalue weighted by Gasteiger charge is 2.42. The maximum Gasteiger partial charge on any atom is 0.246 e. The fourth-order valence-electron chi connectivity index (χ4n) is 3.15. The van der Waals surface area contributed by atoms with Crippen LogP contribution >= 0.6 is 0 Å². The number of imide groups is 1. The molecule has 102 valence electrons. The van der Waals surface area contributed by atoms with Crippen molar-refractivity contribution in [3.05, 3.63) is 0 Å². The van der Waals surface area contributed by atoms with Gasteiger partial charge in [0.15, 0.2) is 0 Å². The highest BCUT2D eigenvalue weighted by molar-refractivity contribution is 6.05. The Morgan fingerprint density at radius 1 is 1.39 bits per heavy atom. The topological polar surface area (TPSA) is 49.4 Å². The van der Waals surface area contributed by atoms with Crippen LogP contribution in [0.3, 0.4) is 0 Å². The van der Waals surface area contributed by atoms with Gasteiger partial charge in [-0.25, -0.2) is 0 Å². The lowest BCUT2D eigenvalue weighted by Gasteiger charge is -2.30. The van der Waals surface area contributed by atoms with Gasteiger partial charge in [-0.05, 0) is 24.7 Å². The van der Waals surface area contributed by atoms with E-state index < -0.39 is 0 Å². The molecule has 2 fully saturated rings. The van der Waals surface area contributed by atoms with Gasteiger partial charge in [-0.3, -0.25) is 14.5 Å². The van der Waals surface area contributed by atoms with Crippen LogP contribution < -0.4 is 5.32 Å². The van der Waals surface area contributed by atoms with Gasteiger partial charge in [-0.1, -0.05) is 27.2 Å². The predicted octanol–water partition coefficient (Wildman–Crippen LogP) is 1.69. The van der Waals surface area contributed by atoms with Gasteiger partial charge in [0.1, 0.15) is 0 Å². The molecule has 2 aliphatic rings. The van der Waals surface area contributed by atoms with Crippen LogP contribution in [-0.4, -0.2) is 35.3 Å². The number of amides is 2. The summed E-state index contributed by atoms with van der Waals surface area (Å²) < 4.78 is 0. The Morgan fingerprint density at radius 3 is 2.67 bits per heavy atom. The minimum absolute atomic E-state index is 0.0184. The van der Waals surface area contributed by atoms with Crippen molar-refractivity contribution in [3.63, 3.8) is 0 Å². The largest absolute Gasteiger partial charge is 0.302 e. The monoisotopic (exact) mass is 252 g/mol. The van der Waals surface area contributed by atoms with Crippen LogP contribution in [0.5, 0.6) is 0 Å². The normalized spacial score (nSPS) is 31.4. The third-order valence-electron chi connectivity index (χ3n) is 4.35. The summed E-state index contributed by atoms with van der Waals surface area (Å²) in [6.45, 7) is 7.02. The molecule has 4 nitrogen and oxygen atoms in total. The number of likely N-dealkylation sites (tertiary alicyclic amines) is 1. The molecule has 2 unspecified atom stereocenters. The summed E-state index contributed by atoms with van der Waals surface area (Å²) in [7, 11) is 0. The van der Waals surface area contributed by atoms with Gasteiger partial charge in [-0.15, -0.1) is 0 Å². The van der Waals surface area contributed by atoms with E-state index in [4.69, 9.17) is 0 Å². The SMILES string of the molecule is CCCN1C(=O)CC(NC2CCCC2(C)C)C1=O. The molecule has 0 aromatic heterocycles. The van der Waals surface area contributed by atoms with Gasteiger partial charge in [0.05, 0.1) is 12.5 Å². The molecular formula is C14H24N2O2. The Balaban J connectivity index is 1.99. The second-order valence-electron chi connectivity index (χ2n) is 6.24. The third-order valence-corrected chi connectivity index (χ3v) is 4.35. The Kier molecular flexibility index (Phi) is 3.76. The van der Waals surface area contributed by atoms with E-state index in [1.807, 2.05) is 6.92 Å². The molecule has 1 N–H and O–H groups in total. The van der Waals surface area contributed by atoms with E-state index in [-0.39, 0.29) is 23.3 Å². The molecule has 4 heteroatoms. The lowest BCUT2D eigenvalue weighted by molar-refractivity contribution is -0.138. The highest BCUT2D eigenvalue weighted by Crippen LogP contribution is 2.37. The van der Waals surface area contributed by atoms with Crippen LogP contribution in [0.1, 0.15) is 52.9 Å². The van der Waals surface area contributed by atoms with Gasteiger partial charge < -0.3 is 5.32 Å². The first-order chi connectivity index (χ1) is 8.45. The Labute approximate surface area is 109 Å². The summed E-state index contributed by atoms with van der Waals surface area (Å²) in [5.74, 6) is -0.0419. The van der Waals surface area contributed by atoms with Crippen LogP contribution in [0.25, 0.3) is 0 Å². The second kappa shape index (κ2) is 5.00. The molecule has 1 aliphatic carbocycles. The van der Waals surface area contributed by atoms with E-state index >= 15 is 0 Å². The van der Waals surface area contributed by atoms with E-state index in [0.717, 1.165) is 12.8 Å². The van der Waals surface area contributed by atoms with Crippen molar-refractivity contribution in [1.29, 1.82) is 0 Å². The summed E-state index contributed by atoms with van der Waals surface area (Å²) in [5, 5.41) is 3.42. The number of carbonyl (C=O) groups excluding carboxylic acids is 2. The summed E-state index contributed by atoms with van der Waals surface area (Å²) in [5.41, 5.74) is 0.238. The van der Waals surface area contributed by atoms with Crippen LogP contribution in [0, 0.1) is 5.41 Å². The number of nitrogens with zero attached hydrogens (tertiary/aromatic N) is 1. The van der Waals surface area contributed by atoms with Crippen molar-refractivity contribution in [3.8, 4) is 0 Å². The molecule has 2 rings (SSSR count). The summed E-state index contributed by atoms with van der Waals surface area (Å²) >= 11 is 0. The molecule has 18 heavy (non-hydrogen) atoms. The third kappa shape index (κ3) is 2.44. The maximum absolute atomic E-state index is 12.1. The van der Waals surface area contributed by atoms with Gasteiger partial charge in [-0.2, -0.15) is 0 Å². The van der Waals surface area contributed by atoms with E-state index in [2.05, 4.69) is 19.2 Å². The molecule has 0 radical (unpaired) electrons. The summed E-state index contributed by atoms with van der Waals surface area (Å²) in [4.78, 5) is 25.3. The zero-order chi connectivity index (χ0) is 13.3. The second-order valence-corrected chi connectivity index (χ2v) is 6.24. The molecule has 1 saturated heterocycles. The van der Waals surface area contributed by atoms with Gasteiger partial charge in [0.25, 0.3) is 0 Å². The van der Waals surface area contributed by atoms with Crippen molar-refractivity contribution in [1.82, 2.24) is 10.2 Å². The molecular weight excluding hydrogens is 228 g/mol. The first-order valence-electron chi connectivity index (χ1n) is 7.06. The zero-order valence-electron chi connectivity index (χ0n) is 11.7. The quantitative estimate of drug-likeness (QED) is 0.775. The van der Waals surface area contributed by atoms with E-state index in [1.54, 1.807) is 0 Å². The van der Waals surface area contributed by atoms with Crippen LogP contribution in [0.2, 0.25) is 0 Å². The fourth-order valence-corrected chi connectivity index (χ4v) is 3.15. The number of nitrogens with one attached hydrogen (secondary N) is 1. The molecule has 2 amide bonds. The van der Waals surface area contributed by atoms with Crippen molar-refractivity contribution in [2.75, 3.05) is 6.54 Å². The van der Waals surface area contributed by atoms with Crippen molar-refractivity contribution < 1.29 is 9.59 Å². The number of hydrogen-bond donors (Lipinski definition) is 1. The van der Waals surface area contributed by atoms with E-state index in [9.17, 15) is 9.59 Å². The number of carbonyl (C=O) groups is 2. The van der Waals surface area contributed by atoms with Gasteiger partial charge in [0.2, 0.25) is 11.8 Å². The first-order valence-corrected chi connectivity index (χ1v) is 7.06. The zero-order valence-corrected chi connectivity index (χ0v) is 11.7. The van der Waals surface area contributed by atoms with Crippen LogP contribution in [0.15, 0.2) is 0 Å². The van der Waals surface area contributed by atoms with E-state index in [1.165, 1.54) is 17.7 Å². The average Bonchev–Trinajstić information content (AvgIpc) is 2.75. The number of hydrogen-bond acceptors (Lipinski definition) is 3. The smallest absolute Gasteiger partial charge is 0.246 e. The fraction of sp³-hybridized carbons (Fsp3) is 0.857. The maximum atomic E-state index is 12.1. The number of rotatable bonds is 4. The molecule has 0 bridgehead atoms. The van der Waals surface area contributed by atoms with Crippen LogP contribution in [-0.2, 0) is 9.59 Å². The average molecular weight is 252 g/mol. The minimum atomic E-state index is -0.286. The molecule has 2 atom stereocenters. The lowest BCUT2D eigenvalue weighted by Crippen LogP contribution is -2.47. The Morgan fingerprint density at radius 2 is 2.11 bits per heavy atom. The Bertz CT molecular complexity index is 352. The molecule has 1 heterocycles. The first kappa shape index (κ1) is 13.5. The Hall–Kier alpha value is -0.900. The molecule has 1 aliphatic heterocycles. The highest BCUT2D eigenvalue weighted by atomic mass is 16.2. The summed E-state index contributed by atoms with van der Waals surface area (Å²) in [6.07, 6.45) is 4.68. The summed E-state index contributed by atoms with van der Waals surface area (Å²) in [6, 6.07) is 0.0762. The molecule has 0 aromatic rings. The lowest BCUT2D eigenvalue weighted by atomic mass is 9.87. The van der Waals surface area contributed by atoms with Gasteiger partial charge in [0, 0.05) is 12.6 Å². The standard InChI is InChI=1S/C14H24N2O2/c1-4-8-16-12(17)9-10(13(16)18)15-11-6-5-7-14(11,2)3/h10-11,15H,4-9H2,1-3H3. The van der Waals surface area contributed by atoms with Crippen molar-refractivity contribution in [2.24, 2.45) is 5.41 Å². The van der Waals surface area contributed by atoms with Crippen molar-refractivity contribution in [2.45, 2.75) is 65.0 Å². The molecule has 0 spiro atoms. The van der Waals surface area contributed by atoms with Gasteiger partial charge >= 0.3 is 0 Å². The predicted molar refractivity (Wildman–Crippen MR) is 70.0 cm³/mol. The minimum Gasteiger partial charge on any atom is -0.302 e. The van der Waals surface area contributed by atoms with Crippen molar-refractivity contribution >= 4 is 11.8 Å². The molecule has 1 saturated carbocycles. The van der Waals surface area contributed by atoms with Crippen LogP contribution in [0.4, 0.5) is 0 Å². The van der Waals surface area contributed by atoms with E-state index in [0.29, 0.717) is 19.0 Å².